The summed E-state index contributed by atoms with van der Waals surface area (Å²) in [6.45, 7) is 1.83. The third-order valence-electron chi connectivity index (χ3n) is 6.25. The predicted molar refractivity (Wildman–Crippen MR) is 130 cm³/mol. The van der Waals surface area contributed by atoms with E-state index in [-0.39, 0.29) is 17.9 Å². The number of aromatic nitrogens is 3. The first-order valence-electron chi connectivity index (χ1n) is 11.7. The smallest absolute Gasteiger partial charge is 0.338 e. The number of ether oxygens (including phenoxy) is 1. The van der Waals surface area contributed by atoms with Crippen LogP contribution in [0.2, 0.25) is 0 Å². The molecular formula is C26H27FN4O2S. The van der Waals surface area contributed by atoms with Crippen molar-refractivity contribution in [2.45, 2.75) is 62.1 Å². The summed E-state index contributed by atoms with van der Waals surface area (Å²) < 4.78 is 21.8. The van der Waals surface area contributed by atoms with Crippen LogP contribution in [0.1, 0.15) is 56.2 Å². The molecule has 0 amide bonds. The van der Waals surface area contributed by atoms with Crippen LogP contribution in [0.4, 0.5) is 10.3 Å². The molecule has 3 aromatic rings. The fourth-order valence-corrected chi connectivity index (χ4v) is 5.35. The van der Waals surface area contributed by atoms with Gasteiger partial charge >= 0.3 is 5.97 Å². The molecular weight excluding hydrogens is 451 g/mol. The summed E-state index contributed by atoms with van der Waals surface area (Å²) in [7, 11) is 0. The molecule has 1 unspecified atom stereocenters. The van der Waals surface area contributed by atoms with Gasteiger partial charge in [0.25, 0.3) is 0 Å². The van der Waals surface area contributed by atoms with Gasteiger partial charge in [0.05, 0.1) is 5.57 Å². The molecule has 1 N–H and O–H groups in total. The van der Waals surface area contributed by atoms with E-state index >= 15 is 0 Å². The molecule has 0 bridgehead atoms. The van der Waals surface area contributed by atoms with Crippen molar-refractivity contribution in [1.29, 1.82) is 0 Å². The van der Waals surface area contributed by atoms with Gasteiger partial charge in [-0.1, -0.05) is 60.6 Å². The topological polar surface area (TPSA) is 69.0 Å². The van der Waals surface area contributed by atoms with Crippen LogP contribution in [-0.2, 0) is 15.3 Å². The van der Waals surface area contributed by atoms with Crippen LogP contribution in [0.15, 0.2) is 71.0 Å². The molecule has 1 aliphatic carbocycles. The van der Waals surface area contributed by atoms with Gasteiger partial charge < -0.3 is 10.1 Å². The molecule has 176 valence electrons. The molecule has 0 saturated heterocycles. The van der Waals surface area contributed by atoms with E-state index in [4.69, 9.17) is 9.84 Å². The van der Waals surface area contributed by atoms with E-state index in [9.17, 15) is 9.18 Å². The second-order valence-corrected chi connectivity index (χ2v) is 9.67. The number of benzene rings is 2. The van der Waals surface area contributed by atoms with Gasteiger partial charge in [0.2, 0.25) is 11.1 Å². The number of nitrogens with zero attached hydrogens (tertiary/aromatic N) is 3. The van der Waals surface area contributed by atoms with Crippen LogP contribution in [0.5, 0.6) is 0 Å². The first-order valence-corrected chi connectivity index (χ1v) is 12.6. The van der Waals surface area contributed by atoms with Crippen molar-refractivity contribution in [3.8, 4) is 0 Å². The number of anilines is 1. The summed E-state index contributed by atoms with van der Waals surface area (Å²) in [5.74, 6) is 0.495. The minimum atomic E-state index is -0.624. The van der Waals surface area contributed by atoms with Gasteiger partial charge in [-0.15, -0.1) is 5.10 Å². The molecule has 1 saturated carbocycles. The molecule has 1 aromatic heterocycles. The van der Waals surface area contributed by atoms with Crippen molar-refractivity contribution in [3.05, 3.63) is 82.8 Å². The molecule has 0 spiro atoms. The average molecular weight is 479 g/mol. The monoisotopic (exact) mass is 478 g/mol. The maximum atomic E-state index is 14.2. The SMILES string of the molecule is CC1=C(C(=O)OC2CCCCC2)C(c2cccc(F)c2)n2nc(SCc3ccccc3)nc2N1. The minimum Gasteiger partial charge on any atom is -0.459 e. The highest BCUT2D eigenvalue weighted by molar-refractivity contribution is 7.98. The van der Waals surface area contributed by atoms with Crippen molar-refractivity contribution >= 4 is 23.7 Å². The van der Waals surface area contributed by atoms with Crippen molar-refractivity contribution in [1.82, 2.24) is 14.8 Å². The molecule has 5 rings (SSSR count). The number of carbonyl (C=O) groups excluding carboxylic acids is 1. The molecule has 6 nitrogen and oxygen atoms in total. The lowest BCUT2D eigenvalue weighted by molar-refractivity contribution is -0.146. The highest BCUT2D eigenvalue weighted by atomic mass is 32.2. The fourth-order valence-electron chi connectivity index (χ4n) is 4.56. The summed E-state index contributed by atoms with van der Waals surface area (Å²) in [6, 6.07) is 15.8. The van der Waals surface area contributed by atoms with Crippen LogP contribution in [0, 0.1) is 5.82 Å². The van der Waals surface area contributed by atoms with E-state index in [1.807, 2.05) is 31.2 Å². The van der Waals surface area contributed by atoms with Crippen LogP contribution < -0.4 is 5.32 Å². The summed E-state index contributed by atoms with van der Waals surface area (Å²) >= 11 is 1.51. The summed E-state index contributed by atoms with van der Waals surface area (Å²) in [6.07, 6.45) is 4.99. The van der Waals surface area contributed by atoms with Crippen molar-refractivity contribution < 1.29 is 13.9 Å². The number of nitrogens with one attached hydrogen (secondary N) is 1. The average Bonchev–Trinajstić information content (AvgIpc) is 3.25. The number of allylic oxidation sites excluding steroid dienone is 1. The normalized spacial score (nSPS) is 18.4. The molecule has 2 heterocycles. The number of hydrogen-bond acceptors (Lipinski definition) is 6. The largest absolute Gasteiger partial charge is 0.459 e. The van der Waals surface area contributed by atoms with Gasteiger partial charge in [0, 0.05) is 11.4 Å². The summed E-state index contributed by atoms with van der Waals surface area (Å²) in [5.41, 5.74) is 2.88. The predicted octanol–water partition coefficient (Wildman–Crippen LogP) is 5.87. The fraction of sp³-hybridized carbons (Fsp3) is 0.346. The Morgan fingerprint density at radius 1 is 1.15 bits per heavy atom. The second-order valence-electron chi connectivity index (χ2n) is 8.72. The second kappa shape index (κ2) is 10.0. The number of carbonyl (C=O) groups is 1. The summed E-state index contributed by atoms with van der Waals surface area (Å²) in [4.78, 5) is 18.0. The molecule has 34 heavy (non-hydrogen) atoms. The van der Waals surface area contributed by atoms with Gasteiger partial charge in [0.1, 0.15) is 18.0 Å². The number of hydrogen-bond donors (Lipinski definition) is 1. The van der Waals surface area contributed by atoms with Crippen LogP contribution >= 0.6 is 11.8 Å². The van der Waals surface area contributed by atoms with Crippen LogP contribution in [-0.4, -0.2) is 26.8 Å². The Hall–Kier alpha value is -3.13. The number of halogens is 1. The van der Waals surface area contributed by atoms with Crippen LogP contribution in [0.25, 0.3) is 0 Å². The first-order chi connectivity index (χ1) is 16.6. The molecule has 2 aromatic carbocycles. The molecule has 1 fully saturated rings. The third kappa shape index (κ3) is 4.87. The Kier molecular flexibility index (Phi) is 6.67. The minimum absolute atomic E-state index is 0.0798. The van der Waals surface area contributed by atoms with Gasteiger partial charge in [-0.3, -0.25) is 0 Å². The molecule has 2 aliphatic rings. The lowest BCUT2D eigenvalue weighted by Crippen LogP contribution is -2.32. The van der Waals surface area contributed by atoms with Crippen molar-refractivity contribution in [2.24, 2.45) is 0 Å². The lowest BCUT2D eigenvalue weighted by atomic mass is 9.95. The highest BCUT2D eigenvalue weighted by Gasteiger charge is 2.36. The zero-order valence-electron chi connectivity index (χ0n) is 19.0. The number of rotatable bonds is 6. The maximum Gasteiger partial charge on any atom is 0.338 e. The third-order valence-corrected chi connectivity index (χ3v) is 7.16. The Labute approximate surface area is 202 Å². The highest BCUT2D eigenvalue weighted by Crippen LogP contribution is 2.38. The van der Waals surface area contributed by atoms with Gasteiger partial charge in [0.15, 0.2) is 0 Å². The zero-order chi connectivity index (χ0) is 23.5. The van der Waals surface area contributed by atoms with Crippen LogP contribution in [0.3, 0.4) is 0 Å². The van der Waals surface area contributed by atoms with E-state index in [1.54, 1.807) is 10.7 Å². The first kappa shape index (κ1) is 22.7. The molecule has 1 atom stereocenters. The lowest BCUT2D eigenvalue weighted by Gasteiger charge is -2.30. The maximum absolute atomic E-state index is 14.2. The molecule has 1 aliphatic heterocycles. The number of esters is 1. The van der Waals surface area contributed by atoms with Gasteiger partial charge in [-0.05, 0) is 55.9 Å². The Bertz CT molecular complexity index is 1200. The Balaban J connectivity index is 1.46. The van der Waals surface area contributed by atoms with Crippen molar-refractivity contribution in [3.63, 3.8) is 0 Å². The Morgan fingerprint density at radius 3 is 2.71 bits per heavy atom. The van der Waals surface area contributed by atoms with Gasteiger partial charge in [-0.25, -0.2) is 13.9 Å². The van der Waals surface area contributed by atoms with Crippen molar-refractivity contribution in [2.75, 3.05) is 5.32 Å². The standard InChI is InChI=1S/C26H27FN4O2S/c1-17-22(24(32)33-21-13-6-3-7-14-21)23(19-11-8-12-20(27)15-19)31-25(28-17)29-26(30-31)34-16-18-9-4-2-5-10-18/h2,4-5,8-12,15,21,23H,3,6-7,13-14,16H2,1H3,(H,28,29,30). The van der Waals surface area contributed by atoms with E-state index in [2.05, 4.69) is 22.4 Å². The number of thioether (sulfide) groups is 1. The van der Waals surface area contributed by atoms with E-state index < -0.39 is 6.04 Å². The quantitative estimate of drug-likeness (QED) is 0.353. The van der Waals surface area contributed by atoms with E-state index in [1.165, 1.54) is 35.9 Å². The van der Waals surface area contributed by atoms with Gasteiger partial charge in [-0.2, -0.15) is 4.98 Å². The molecule has 8 heteroatoms. The number of fused-ring (bicyclic) bond motifs is 1. The Morgan fingerprint density at radius 2 is 1.94 bits per heavy atom. The van der Waals surface area contributed by atoms with E-state index in [0.717, 1.165) is 31.4 Å². The molecule has 0 radical (unpaired) electrons. The van der Waals surface area contributed by atoms with E-state index in [0.29, 0.717) is 27.9 Å². The zero-order valence-corrected chi connectivity index (χ0v) is 19.9. The summed E-state index contributed by atoms with van der Waals surface area (Å²) in [5, 5.41) is 8.52.